The molecule has 3 N–H and O–H groups in total. The molecule has 1 heterocycles. The second-order valence-electron chi connectivity index (χ2n) is 6.02. The van der Waals surface area contributed by atoms with E-state index in [2.05, 4.69) is 15.6 Å². The van der Waals surface area contributed by atoms with Gasteiger partial charge >= 0.3 is 0 Å². The summed E-state index contributed by atoms with van der Waals surface area (Å²) in [6.07, 6.45) is 0. The molecule has 3 aromatic rings. The summed E-state index contributed by atoms with van der Waals surface area (Å²) >= 11 is 0. The number of halogens is 1. The van der Waals surface area contributed by atoms with E-state index in [0.717, 1.165) is 11.0 Å². The second-order valence-corrected chi connectivity index (χ2v) is 6.02. The molecule has 0 aliphatic heterocycles. The van der Waals surface area contributed by atoms with E-state index in [9.17, 15) is 9.18 Å². The van der Waals surface area contributed by atoms with Crippen LogP contribution < -0.4 is 10.6 Å². The number of aromatic nitrogens is 2. The monoisotopic (exact) mass is 356 g/mol. The van der Waals surface area contributed by atoms with Crippen molar-refractivity contribution in [3.63, 3.8) is 0 Å². The van der Waals surface area contributed by atoms with Crippen molar-refractivity contribution >= 4 is 22.9 Å². The van der Waals surface area contributed by atoms with Crippen molar-refractivity contribution in [1.82, 2.24) is 14.9 Å². The van der Waals surface area contributed by atoms with Crippen molar-refractivity contribution in [2.75, 3.05) is 18.5 Å². The summed E-state index contributed by atoms with van der Waals surface area (Å²) in [6, 6.07) is 12.4. The van der Waals surface area contributed by atoms with Crippen LogP contribution in [0.5, 0.6) is 0 Å². The zero-order chi connectivity index (χ0) is 18.5. The largest absolute Gasteiger partial charge is 0.395 e. The predicted octanol–water partition coefficient (Wildman–Crippen LogP) is 2.20. The minimum Gasteiger partial charge on any atom is -0.395 e. The van der Waals surface area contributed by atoms with Gasteiger partial charge in [0.1, 0.15) is 12.4 Å². The predicted molar refractivity (Wildman–Crippen MR) is 98.3 cm³/mol. The molecular formula is C19H21FN4O2. The molecule has 7 heteroatoms. The molecule has 0 unspecified atom stereocenters. The first-order valence-electron chi connectivity index (χ1n) is 8.40. The van der Waals surface area contributed by atoms with Crippen molar-refractivity contribution in [2.45, 2.75) is 20.0 Å². The fourth-order valence-electron chi connectivity index (χ4n) is 2.68. The average Bonchev–Trinajstić information content (AvgIpc) is 2.98. The number of aliphatic hydroxyl groups excluding tert-OH is 1. The molecule has 6 nitrogen and oxygen atoms in total. The Morgan fingerprint density at radius 3 is 2.85 bits per heavy atom. The Bertz CT molecular complexity index is 923. The van der Waals surface area contributed by atoms with E-state index < -0.39 is 0 Å². The van der Waals surface area contributed by atoms with Gasteiger partial charge in [0.25, 0.3) is 0 Å². The molecule has 0 saturated heterocycles. The number of amides is 1. The Morgan fingerprint density at radius 1 is 1.27 bits per heavy atom. The van der Waals surface area contributed by atoms with Gasteiger partial charge in [0.05, 0.1) is 17.6 Å². The number of carbonyl (C=O) groups excluding carboxylic acids is 1. The van der Waals surface area contributed by atoms with E-state index in [-0.39, 0.29) is 31.4 Å². The molecule has 1 amide bonds. The Hall–Kier alpha value is -2.93. The molecule has 0 atom stereocenters. The number of fused-ring (bicyclic) bond motifs is 1. The van der Waals surface area contributed by atoms with Crippen molar-refractivity contribution < 1.29 is 14.3 Å². The Morgan fingerprint density at radius 2 is 2.08 bits per heavy atom. The number of carbonyl (C=O) groups is 1. The van der Waals surface area contributed by atoms with E-state index in [1.54, 1.807) is 23.6 Å². The zero-order valence-electron chi connectivity index (χ0n) is 14.5. The fourth-order valence-corrected chi connectivity index (χ4v) is 2.68. The second kappa shape index (κ2) is 7.97. The van der Waals surface area contributed by atoms with E-state index in [0.29, 0.717) is 23.6 Å². The number of aliphatic hydroxyl groups is 1. The minimum absolute atomic E-state index is 0.0333. The SMILES string of the molecule is Cc1ccc(CNC(=O)Cn2c(NCCO)nc3ccccc32)cc1F. The van der Waals surface area contributed by atoms with Crippen LogP contribution in [0.15, 0.2) is 42.5 Å². The van der Waals surface area contributed by atoms with Crippen molar-refractivity contribution in [3.8, 4) is 0 Å². The minimum atomic E-state index is -0.284. The lowest BCUT2D eigenvalue weighted by atomic mass is 10.1. The van der Waals surface area contributed by atoms with Gasteiger partial charge in [0.15, 0.2) is 0 Å². The molecule has 26 heavy (non-hydrogen) atoms. The number of hydrogen-bond acceptors (Lipinski definition) is 4. The van der Waals surface area contributed by atoms with Gasteiger partial charge < -0.3 is 20.3 Å². The number of anilines is 1. The first-order chi connectivity index (χ1) is 12.6. The van der Waals surface area contributed by atoms with Crippen LogP contribution in [0.2, 0.25) is 0 Å². The highest BCUT2D eigenvalue weighted by atomic mass is 19.1. The molecule has 0 radical (unpaired) electrons. The highest BCUT2D eigenvalue weighted by Gasteiger charge is 2.13. The lowest BCUT2D eigenvalue weighted by Crippen LogP contribution is -2.28. The average molecular weight is 356 g/mol. The van der Waals surface area contributed by atoms with Crippen LogP contribution in [0.1, 0.15) is 11.1 Å². The van der Waals surface area contributed by atoms with Crippen molar-refractivity contribution in [3.05, 3.63) is 59.4 Å². The number of para-hydroxylation sites is 2. The zero-order valence-corrected chi connectivity index (χ0v) is 14.5. The van der Waals surface area contributed by atoms with E-state index in [4.69, 9.17) is 5.11 Å². The summed E-state index contributed by atoms with van der Waals surface area (Å²) in [4.78, 5) is 16.8. The Labute approximate surface area is 150 Å². The molecule has 0 fully saturated rings. The van der Waals surface area contributed by atoms with E-state index >= 15 is 0 Å². The fraction of sp³-hybridized carbons (Fsp3) is 0.263. The summed E-state index contributed by atoms with van der Waals surface area (Å²) in [5, 5.41) is 14.8. The maximum Gasteiger partial charge on any atom is 0.240 e. The molecule has 0 aliphatic rings. The normalized spacial score (nSPS) is 10.9. The van der Waals surface area contributed by atoms with E-state index in [1.807, 2.05) is 24.3 Å². The number of aryl methyl sites for hydroxylation is 1. The third-order valence-corrected chi connectivity index (χ3v) is 4.08. The third-order valence-electron chi connectivity index (χ3n) is 4.08. The van der Waals surface area contributed by atoms with Gasteiger partial charge in [-0.3, -0.25) is 4.79 Å². The van der Waals surface area contributed by atoms with Gasteiger partial charge in [-0.1, -0.05) is 24.3 Å². The standard InChI is InChI=1S/C19H21FN4O2/c1-13-6-7-14(10-15(13)20)11-22-18(26)12-24-17-5-3-2-4-16(17)23-19(24)21-8-9-25/h2-7,10,25H,8-9,11-12H2,1H3,(H,21,23)(H,22,26). The smallest absolute Gasteiger partial charge is 0.240 e. The summed E-state index contributed by atoms with van der Waals surface area (Å²) in [7, 11) is 0. The molecule has 1 aromatic heterocycles. The van der Waals surface area contributed by atoms with Gasteiger partial charge in [0.2, 0.25) is 11.9 Å². The topological polar surface area (TPSA) is 79.2 Å². The molecule has 0 spiro atoms. The van der Waals surface area contributed by atoms with Crippen LogP contribution >= 0.6 is 0 Å². The Balaban J connectivity index is 1.72. The van der Waals surface area contributed by atoms with Crippen molar-refractivity contribution in [1.29, 1.82) is 0 Å². The molecule has 3 rings (SSSR count). The number of nitrogens with zero attached hydrogens (tertiary/aromatic N) is 2. The highest BCUT2D eigenvalue weighted by Crippen LogP contribution is 2.19. The van der Waals surface area contributed by atoms with Crippen LogP contribution in [-0.2, 0) is 17.9 Å². The van der Waals surface area contributed by atoms with Gasteiger partial charge in [-0.2, -0.15) is 0 Å². The number of nitrogens with one attached hydrogen (secondary N) is 2. The van der Waals surface area contributed by atoms with Crippen LogP contribution in [-0.4, -0.2) is 33.7 Å². The molecule has 0 bridgehead atoms. The lowest BCUT2D eigenvalue weighted by Gasteiger charge is -2.11. The quantitative estimate of drug-likeness (QED) is 0.606. The number of rotatable bonds is 7. The van der Waals surface area contributed by atoms with Gasteiger partial charge in [-0.05, 0) is 36.2 Å². The maximum atomic E-state index is 13.6. The first kappa shape index (κ1) is 17.9. The number of hydrogen-bond donors (Lipinski definition) is 3. The summed E-state index contributed by atoms with van der Waals surface area (Å²) < 4.78 is 15.4. The molecular weight excluding hydrogens is 335 g/mol. The first-order valence-corrected chi connectivity index (χ1v) is 8.40. The van der Waals surface area contributed by atoms with Crippen LogP contribution in [0.3, 0.4) is 0 Å². The summed E-state index contributed by atoms with van der Waals surface area (Å²) in [6.45, 7) is 2.33. The van der Waals surface area contributed by atoms with Crippen LogP contribution in [0.25, 0.3) is 11.0 Å². The summed E-state index contributed by atoms with van der Waals surface area (Å²) in [5.74, 6) is 0.0332. The molecule has 0 saturated carbocycles. The highest BCUT2D eigenvalue weighted by molar-refractivity contribution is 5.83. The number of imidazole rings is 1. The van der Waals surface area contributed by atoms with Gasteiger partial charge in [-0.15, -0.1) is 0 Å². The lowest BCUT2D eigenvalue weighted by molar-refractivity contribution is -0.121. The van der Waals surface area contributed by atoms with Crippen molar-refractivity contribution in [2.24, 2.45) is 0 Å². The van der Waals surface area contributed by atoms with E-state index in [1.165, 1.54) is 6.07 Å². The molecule has 0 aliphatic carbocycles. The molecule has 2 aromatic carbocycles. The molecule has 136 valence electrons. The Kier molecular flexibility index (Phi) is 5.48. The van der Waals surface area contributed by atoms with Crippen LogP contribution in [0.4, 0.5) is 10.3 Å². The number of benzene rings is 2. The van der Waals surface area contributed by atoms with Gasteiger partial charge in [-0.25, -0.2) is 9.37 Å². The summed E-state index contributed by atoms with van der Waals surface area (Å²) in [5.41, 5.74) is 2.87. The van der Waals surface area contributed by atoms with Crippen LogP contribution in [0, 0.1) is 12.7 Å². The van der Waals surface area contributed by atoms with Gasteiger partial charge in [0, 0.05) is 13.1 Å². The maximum absolute atomic E-state index is 13.6. The third kappa shape index (κ3) is 4.00.